The van der Waals surface area contributed by atoms with Gasteiger partial charge in [-0.2, -0.15) is 0 Å². The molecule has 1 unspecified atom stereocenters. The number of nitrogens with zero attached hydrogens (tertiary/aromatic N) is 3. The summed E-state index contributed by atoms with van der Waals surface area (Å²) in [6.45, 7) is 3.72. The van der Waals surface area contributed by atoms with Crippen LogP contribution in [0.15, 0.2) is 18.2 Å². The van der Waals surface area contributed by atoms with Crippen LogP contribution in [0.2, 0.25) is 0 Å². The van der Waals surface area contributed by atoms with Crippen LogP contribution in [-0.4, -0.2) is 52.9 Å². The molecule has 0 saturated carbocycles. The van der Waals surface area contributed by atoms with Gasteiger partial charge >= 0.3 is 0 Å². The van der Waals surface area contributed by atoms with Crippen molar-refractivity contribution in [1.29, 1.82) is 0 Å². The molecule has 0 bridgehead atoms. The molecule has 0 N–H and O–H groups in total. The Hall–Kier alpha value is -2.37. The summed E-state index contributed by atoms with van der Waals surface area (Å²) in [7, 11) is 3.68. The molecule has 2 aromatic rings. The number of hydrogen-bond donors (Lipinski definition) is 0. The molecule has 5 nitrogen and oxygen atoms in total. The minimum Gasteiger partial charge on any atom is -0.345 e. The average molecular weight is 357 g/mol. The van der Waals surface area contributed by atoms with Gasteiger partial charge in [0.05, 0.1) is 5.41 Å². The first-order chi connectivity index (χ1) is 12.3. The molecule has 0 radical (unpaired) electrons. The molecule has 1 aromatic carbocycles. The quantitative estimate of drug-likeness (QED) is 0.788. The van der Waals surface area contributed by atoms with E-state index in [1.54, 1.807) is 15.9 Å². The molecule has 2 saturated heterocycles. The first kappa shape index (κ1) is 17.1. The highest BCUT2D eigenvalue weighted by Gasteiger charge is 2.49. The van der Waals surface area contributed by atoms with Crippen molar-refractivity contribution < 1.29 is 14.0 Å². The molecule has 2 aliphatic heterocycles. The molecule has 1 spiro atoms. The van der Waals surface area contributed by atoms with E-state index in [-0.39, 0.29) is 17.6 Å². The lowest BCUT2D eigenvalue weighted by Crippen LogP contribution is -2.48. The number of carbonyl (C=O) groups is 2. The van der Waals surface area contributed by atoms with Gasteiger partial charge in [0.25, 0.3) is 5.91 Å². The van der Waals surface area contributed by atoms with E-state index in [0.29, 0.717) is 18.8 Å². The Labute approximate surface area is 152 Å². The summed E-state index contributed by atoms with van der Waals surface area (Å²) in [5.41, 5.74) is 1.79. The van der Waals surface area contributed by atoms with Crippen molar-refractivity contribution in [3.8, 4) is 0 Å². The zero-order valence-electron chi connectivity index (χ0n) is 15.5. The normalized spacial score (nSPS) is 23.5. The molecule has 6 heteroatoms. The summed E-state index contributed by atoms with van der Waals surface area (Å²) in [6.07, 6.45) is 2.55. The van der Waals surface area contributed by atoms with Crippen LogP contribution < -0.4 is 0 Å². The van der Waals surface area contributed by atoms with Crippen molar-refractivity contribution in [1.82, 2.24) is 14.4 Å². The minimum atomic E-state index is -0.423. The second kappa shape index (κ2) is 5.83. The second-order valence-electron chi connectivity index (χ2n) is 7.78. The maximum absolute atomic E-state index is 13.6. The number of amides is 2. The fourth-order valence-electron chi connectivity index (χ4n) is 4.75. The molecule has 2 aliphatic rings. The highest BCUT2D eigenvalue weighted by atomic mass is 19.1. The Morgan fingerprint density at radius 1 is 1.19 bits per heavy atom. The third kappa shape index (κ3) is 2.35. The summed E-state index contributed by atoms with van der Waals surface area (Å²) < 4.78 is 15.5. The Morgan fingerprint density at radius 3 is 2.73 bits per heavy atom. The molecule has 138 valence electrons. The van der Waals surface area contributed by atoms with Gasteiger partial charge in [0.15, 0.2) is 0 Å². The van der Waals surface area contributed by atoms with E-state index in [4.69, 9.17) is 0 Å². The van der Waals surface area contributed by atoms with Crippen LogP contribution >= 0.6 is 0 Å². The van der Waals surface area contributed by atoms with Gasteiger partial charge in [0, 0.05) is 44.6 Å². The lowest BCUT2D eigenvalue weighted by atomic mass is 9.78. The van der Waals surface area contributed by atoms with Gasteiger partial charge in [-0.1, -0.05) is 0 Å². The lowest BCUT2D eigenvalue weighted by Gasteiger charge is -2.37. The highest BCUT2D eigenvalue weighted by Crippen LogP contribution is 2.40. The number of benzene rings is 1. The van der Waals surface area contributed by atoms with Crippen LogP contribution in [0.3, 0.4) is 0 Å². The Bertz CT molecular complexity index is 919. The average Bonchev–Trinajstić information content (AvgIpc) is 3.14. The summed E-state index contributed by atoms with van der Waals surface area (Å²) in [5, 5.41) is 0.762. The maximum Gasteiger partial charge on any atom is 0.270 e. The van der Waals surface area contributed by atoms with Crippen molar-refractivity contribution in [2.24, 2.45) is 12.5 Å². The molecule has 1 aromatic heterocycles. The van der Waals surface area contributed by atoms with E-state index < -0.39 is 5.41 Å². The number of likely N-dealkylation sites (tertiary alicyclic amines) is 2. The number of halogens is 1. The topological polar surface area (TPSA) is 45.6 Å². The molecule has 4 rings (SSSR count). The molecule has 26 heavy (non-hydrogen) atoms. The first-order valence-electron chi connectivity index (χ1n) is 9.13. The van der Waals surface area contributed by atoms with Gasteiger partial charge in [-0.05, 0) is 49.9 Å². The minimum absolute atomic E-state index is 0.0699. The zero-order valence-corrected chi connectivity index (χ0v) is 15.5. The predicted octanol–water partition coefficient (Wildman–Crippen LogP) is 2.71. The van der Waals surface area contributed by atoms with Gasteiger partial charge in [0.1, 0.15) is 11.5 Å². The predicted molar refractivity (Wildman–Crippen MR) is 97.4 cm³/mol. The van der Waals surface area contributed by atoms with Crippen molar-refractivity contribution in [3.63, 3.8) is 0 Å². The van der Waals surface area contributed by atoms with Crippen LogP contribution in [0.1, 0.15) is 35.3 Å². The summed E-state index contributed by atoms with van der Waals surface area (Å²) >= 11 is 0. The third-order valence-electron chi connectivity index (χ3n) is 6.21. The molecule has 3 heterocycles. The first-order valence-corrected chi connectivity index (χ1v) is 9.13. The van der Waals surface area contributed by atoms with E-state index in [2.05, 4.69) is 0 Å². The number of rotatable bonds is 1. The van der Waals surface area contributed by atoms with Crippen molar-refractivity contribution in [2.75, 3.05) is 26.7 Å². The van der Waals surface area contributed by atoms with Crippen molar-refractivity contribution in [2.45, 2.75) is 26.2 Å². The van der Waals surface area contributed by atoms with E-state index in [1.807, 2.05) is 25.6 Å². The summed E-state index contributed by atoms with van der Waals surface area (Å²) in [6, 6.07) is 4.60. The second-order valence-corrected chi connectivity index (χ2v) is 7.78. The van der Waals surface area contributed by atoms with Crippen LogP contribution in [0.5, 0.6) is 0 Å². The van der Waals surface area contributed by atoms with Gasteiger partial charge in [-0.3, -0.25) is 9.59 Å². The molecule has 0 aliphatic carbocycles. The number of aryl methyl sites for hydroxylation is 2. The number of fused-ring (bicyclic) bond motifs is 1. The molecular weight excluding hydrogens is 333 g/mol. The highest BCUT2D eigenvalue weighted by molar-refractivity contribution is 6.02. The van der Waals surface area contributed by atoms with Gasteiger partial charge in [-0.25, -0.2) is 4.39 Å². The van der Waals surface area contributed by atoms with Gasteiger partial charge < -0.3 is 14.4 Å². The Morgan fingerprint density at radius 2 is 1.96 bits per heavy atom. The smallest absolute Gasteiger partial charge is 0.270 e. The Balaban J connectivity index is 1.67. The fraction of sp³-hybridized carbons (Fsp3) is 0.500. The van der Waals surface area contributed by atoms with Crippen LogP contribution in [0, 0.1) is 18.2 Å². The van der Waals surface area contributed by atoms with Gasteiger partial charge in [-0.15, -0.1) is 0 Å². The largest absolute Gasteiger partial charge is 0.345 e. The molecule has 2 amide bonds. The van der Waals surface area contributed by atoms with Gasteiger partial charge in [0.2, 0.25) is 5.91 Å². The maximum atomic E-state index is 13.6. The monoisotopic (exact) mass is 357 g/mol. The number of carbonyl (C=O) groups excluding carboxylic acids is 2. The molecular formula is C20H24FN3O2. The number of piperidine rings is 1. The SMILES string of the molecule is Cc1c(C(=O)N2CCC3(CCCN(C)C3=O)C2)n(C)c2ccc(F)cc12. The van der Waals surface area contributed by atoms with E-state index >= 15 is 0 Å². The molecule has 2 fully saturated rings. The van der Waals surface area contributed by atoms with Crippen LogP contribution in [0.25, 0.3) is 10.9 Å². The van der Waals surface area contributed by atoms with E-state index in [9.17, 15) is 14.0 Å². The van der Waals surface area contributed by atoms with E-state index in [1.165, 1.54) is 12.1 Å². The van der Waals surface area contributed by atoms with Crippen LogP contribution in [-0.2, 0) is 11.8 Å². The standard InChI is InChI=1S/C20H24FN3O2/c1-13-15-11-14(21)5-6-16(15)23(3)17(13)18(25)24-10-8-20(12-24)7-4-9-22(2)19(20)26/h5-6,11H,4,7-10,12H2,1-3H3. The third-order valence-corrected chi connectivity index (χ3v) is 6.21. The lowest BCUT2D eigenvalue weighted by molar-refractivity contribution is -0.143. The molecule has 1 atom stereocenters. The summed E-state index contributed by atoms with van der Waals surface area (Å²) in [5.74, 6) is -0.212. The zero-order chi connectivity index (χ0) is 18.6. The van der Waals surface area contributed by atoms with Crippen molar-refractivity contribution >= 4 is 22.7 Å². The fourth-order valence-corrected chi connectivity index (χ4v) is 4.75. The number of aromatic nitrogens is 1. The Kier molecular flexibility index (Phi) is 3.82. The van der Waals surface area contributed by atoms with E-state index in [0.717, 1.165) is 42.3 Å². The van der Waals surface area contributed by atoms with Crippen LogP contribution in [0.4, 0.5) is 4.39 Å². The van der Waals surface area contributed by atoms with Crippen molar-refractivity contribution in [3.05, 3.63) is 35.3 Å². The number of hydrogen-bond acceptors (Lipinski definition) is 2. The summed E-state index contributed by atoms with van der Waals surface area (Å²) in [4.78, 5) is 29.5.